The Labute approximate surface area is 166 Å². The van der Waals surface area contributed by atoms with E-state index in [0.29, 0.717) is 40.7 Å². The lowest BCUT2D eigenvalue weighted by molar-refractivity contribution is -0.116. The van der Waals surface area contributed by atoms with E-state index in [1.807, 2.05) is 19.2 Å². The second-order valence-corrected chi connectivity index (χ2v) is 6.61. The van der Waals surface area contributed by atoms with Gasteiger partial charge in [-0.05, 0) is 24.1 Å². The fraction of sp³-hybridized carbons (Fsp3) is 0.143. The molecule has 4 aromatic heterocycles. The van der Waals surface area contributed by atoms with E-state index in [4.69, 9.17) is 0 Å². The maximum absolute atomic E-state index is 13.0. The van der Waals surface area contributed by atoms with E-state index in [1.165, 1.54) is 18.7 Å². The maximum Gasteiger partial charge on any atom is 0.224 e. The molecule has 0 bridgehead atoms. The van der Waals surface area contributed by atoms with Crippen molar-refractivity contribution >= 4 is 28.4 Å². The molecular formula is C21H18N6O2. The lowest BCUT2D eigenvalue weighted by Gasteiger charge is -2.06. The molecular weight excluding hydrogens is 368 g/mol. The Kier molecular flexibility index (Phi) is 5.07. The summed E-state index contributed by atoms with van der Waals surface area (Å²) >= 11 is 0. The summed E-state index contributed by atoms with van der Waals surface area (Å²) in [5.41, 5.74) is 3.01. The van der Waals surface area contributed by atoms with Gasteiger partial charge in [-0.1, -0.05) is 6.07 Å². The number of anilines is 1. The van der Waals surface area contributed by atoms with Gasteiger partial charge in [0.1, 0.15) is 12.0 Å². The Bertz CT molecular complexity index is 1190. The average molecular weight is 386 g/mol. The van der Waals surface area contributed by atoms with Crippen LogP contribution in [0.25, 0.3) is 11.0 Å². The largest absolute Gasteiger partial charge is 0.335 e. The number of aromatic nitrogens is 5. The second kappa shape index (κ2) is 7.97. The SMILES string of the molecule is Cn1cc(C(=O)c2cncc(NC(=O)CCc3cccnc3)c2)c2cncnc21. The number of ketones is 1. The fourth-order valence-electron chi connectivity index (χ4n) is 3.11. The van der Waals surface area contributed by atoms with Crippen LogP contribution in [0.5, 0.6) is 0 Å². The summed E-state index contributed by atoms with van der Waals surface area (Å²) in [6.45, 7) is 0. The lowest BCUT2D eigenvalue weighted by atomic mass is 10.1. The minimum atomic E-state index is -0.204. The molecule has 8 nitrogen and oxygen atoms in total. The van der Waals surface area contributed by atoms with E-state index in [1.54, 1.807) is 35.4 Å². The van der Waals surface area contributed by atoms with Crippen molar-refractivity contribution in [2.75, 3.05) is 5.32 Å². The van der Waals surface area contributed by atoms with Crippen LogP contribution in [0.2, 0.25) is 0 Å². The molecule has 0 aliphatic rings. The topological polar surface area (TPSA) is 103 Å². The highest BCUT2D eigenvalue weighted by molar-refractivity contribution is 6.16. The van der Waals surface area contributed by atoms with Gasteiger partial charge in [0.05, 0.1) is 17.4 Å². The van der Waals surface area contributed by atoms with E-state index >= 15 is 0 Å². The third kappa shape index (κ3) is 4.01. The van der Waals surface area contributed by atoms with Crippen molar-refractivity contribution in [3.63, 3.8) is 0 Å². The Morgan fingerprint density at radius 2 is 2.00 bits per heavy atom. The first kappa shape index (κ1) is 18.4. The number of nitrogens with zero attached hydrogens (tertiary/aromatic N) is 5. The molecule has 144 valence electrons. The Balaban J connectivity index is 1.49. The molecule has 0 aliphatic carbocycles. The Morgan fingerprint density at radius 1 is 1.10 bits per heavy atom. The van der Waals surface area contributed by atoms with Gasteiger partial charge >= 0.3 is 0 Å². The second-order valence-electron chi connectivity index (χ2n) is 6.61. The molecule has 4 rings (SSSR count). The van der Waals surface area contributed by atoms with Crippen LogP contribution in [0.15, 0.2) is 61.7 Å². The van der Waals surface area contributed by atoms with Gasteiger partial charge in [0.25, 0.3) is 0 Å². The van der Waals surface area contributed by atoms with Crippen molar-refractivity contribution in [1.29, 1.82) is 0 Å². The monoisotopic (exact) mass is 386 g/mol. The van der Waals surface area contributed by atoms with Crippen molar-refractivity contribution in [2.45, 2.75) is 12.8 Å². The first-order chi connectivity index (χ1) is 14.1. The van der Waals surface area contributed by atoms with Crippen molar-refractivity contribution in [3.8, 4) is 0 Å². The minimum Gasteiger partial charge on any atom is -0.335 e. The van der Waals surface area contributed by atoms with Gasteiger partial charge in [0.2, 0.25) is 5.91 Å². The highest BCUT2D eigenvalue weighted by Crippen LogP contribution is 2.21. The van der Waals surface area contributed by atoms with E-state index in [-0.39, 0.29) is 11.7 Å². The van der Waals surface area contributed by atoms with Crippen LogP contribution in [-0.4, -0.2) is 36.2 Å². The van der Waals surface area contributed by atoms with Crippen molar-refractivity contribution in [2.24, 2.45) is 7.05 Å². The van der Waals surface area contributed by atoms with Gasteiger partial charge in [-0.2, -0.15) is 0 Å². The summed E-state index contributed by atoms with van der Waals surface area (Å²) in [7, 11) is 1.82. The zero-order valence-electron chi connectivity index (χ0n) is 15.7. The van der Waals surface area contributed by atoms with Crippen molar-refractivity contribution in [1.82, 2.24) is 24.5 Å². The number of aryl methyl sites for hydroxylation is 2. The molecule has 0 atom stereocenters. The maximum atomic E-state index is 13.0. The average Bonchev–Trinajstić information content (AvgIpc) is 3.09. The number of hydrogen-bond donors (Lipinski definition) is 1. The number of hydrogen-bond acceptors (Lipinski definition) is 6. The van der Waals surface area contributed by atoms with Crippen LogP contribution < -0.4 is 5.32 Å². The molecule has 4 aromatic rings. The van der Waals surface area contributed by atoms with Gasteiger partial charge in [-0.3, -0.25) is 19.6 Å². The van der Waals surface area contributed by atoms with Crippen molar-refractivity contribution in [3.05, 3.63) is 78.4 Å². The van der Waals surface area contributed by atoms with Crippen LogP contribution in [0, 0.1) is 0 Å². The summed E-state index contributed by atoms with van der Waals surface area (Å²) < 4.78 is 1.78. The molecule has 4 heterocycles. The summed E-state index contributed by atoms with van der Waals surface area (Å²) in [6, 6.07) is 5.39. The normalized spacial score (nSPS) is 10.8. The molecule has 1 amide bonds. The van der Waals surface area contributed by atoms with E-state index in [9.17, 15) is 9.59 Å². The van der Waals surface area contributed by atoms with Gasteiger partial charge in [-0.25, -0.2) is 9.97 Å². The molecule has 8 heteroatoms. The summed E-state index contributed by atoms with van der Waals surface area (Å²) in [4.78, 5) is 41.6. The first-order valence-electron chi connectivity index (χ1n) is 9.05. The van der Waals surface area contributed by atoms with E-state index < -0.39 is 0 Å². The van der Waals surface area contributed by atoms with Gasteiger partial charge < -0.3 is 9.88 Å². The predicted molar refractivity (Wildman–Crippen MR) is 107 cm³/mol. The number of pyridine rings is 2. The third-order valence-corrected chi connectivity index (χ3v) is 4.53. The summed E-state index contributed by atoms with van der Waals surface area (Å²) in [6.07, 6.45) is 12.1. The van der Waals surface area contributed by atoms with Crippen LogP contribution in [0.4, 0.5) is 5.69 Å². The molecule has 1 N–H and O–H groups in total. The number of nitrogens with one attached hydrogen (secondary N) is 1. The molecule has 0 fully saturated rings. The molecule has 0 radical (unpaired) electrons. The molecule has 29 heavy (non-hydrogen) atoms. The molecule has 0 saturated carbocycles. The zero-order valence-corrected chi connectivity index (χ0v) is 15.7. The number of carbonyl (C=O) groups is 2. The fourth-order valence-corrected chi connectivity index (χ4v) is 3.11. The standard InChI is InChI=1S/C21H18N6O2/c1-27-12-18(17-11-24-13-25-21(17)27)20(29)15-7-16(10-23-9-15)26-19(28)5-4-14-3-2-6-22-8-14/h2-3,6-13H,4-5H2,1H3,(H,26,28). The lowest BCUT2D eigenvalue weighted by Crippen LogP contribution is -2.13. The third-order valence-electron chi connectivity index (χ3n) is 4.53. The van der Waals surface area contributed by atoms with Crippen LogP contribution in [-0.2, 0) is 18.3 Å². The molecule has 0 aromatic carbocycles. The summed E-state index contributed by atoms with van der Waals surface area (Å²) in [5.74, 6) is -0.358. The van der Waals surface area contributed by atoms with Gasteiger partial charge in [0.15, 0.2) is 5.78 Å². The van der Waals surface area contributed by atoms with Gasteiger partial charge in [0, 0.05) is 55.4 Å². The minimum absolute atomic E-state index is 0.154. The zero-order chi connectivity index (χ0) is 20.2. The Hall–Kier alpha value is -3.94. The number of rotatable bonds is 6. The van der Waals surface area contributed by atoms with Crippen LogP contribution in [0.3, 0.4) is 0 Å². The molecule has 0 aliphatic heterocycles. The molecule has 0 saturated heterocycles. The molecule has 0 unspecified atom stereocenters. The quantitative estimate of drug-likeness (QED) is 0.511. The van der Waals surface area contributed by atoms with Crippen molar-refractivity contribution < 1.29 is 9.59 Å². The van der Waals surface area contributed by atoms with E-state index in [2.05, 4.69) is 25.3 Å². The predicted octanol–water partition coefficient (Wildman–Crippen LogP) is 2.56. The first-order valence-corrected chi connectivity index (χ1v) is 9.05. The highest BCUT2D eigenvalue weighted by atomic mass is 16.1. The Morgan fingerprint density at radius 3 is 2.83 bits per heavy atom. The number of amides is 1. The molecule has 0 spiro atoms. The number of carbonyl (C=O) groups excluding carboxylic acids is 2. The summed E-state index contributed by atoms with van der Waals surface area (Å²) in [5, 5.41) is 3.47. The van der Waals surface area contributed by atoms with Gasteiger partial charge in [-0.15, -0.1) is 0 Å². The highest BCUT2D eigenvalue weighted by Gasteiger charge is 2.17. The smallest absolute Gasteiger partial charge is 0.224 e. The number of fused-ring (bicyclic) bond motifs is 1. The van der Waals surface area contributed by atoms with E-state index in [0.717, 1.165) is 5.56 Å². The van der Waals surface area contributed by atoms with Crippen LogP contribution in [0.1, 0.15) is 27.9 Å². The van der Waals surface area contributed by atoms with Crippen LogP contribution >= 0.6 is 0 Å².